The maximum absolute atomic E-state index is 13.1. The predicted octanol–water partition coefficient (Wildman–Crippen LogP) is 2.32. The first kappa shape index (κ1) is 13.4. The molecule has 0 radical (unpaired) electrons. The lowest BCUT2D eigenvalue weighted by atomic mass is 10.2. The Morgan fingerprint density at radius 3 is 2.88 bits per heavy atom. The van der Waals surface area contributed by atoms with E-state index >= 15 is 0 Å². The highest BCUT2D eigenvalue weighted by atomic mass is 79.9. The van der Waals surface area contributed by atoms with Gasteiger partial charge in [0, 0.05) is 12.2 Å². The summed E-state index contributed by atoms with van der Waals surface area (Å²) in [6.45, 7) is 3.34. The van der Waals surface area contributed by atoms with Gasteiger partial charge in [0.2, 0.25) is 0 Å². The van der Waals surface area contributed by atoms with Gasteiger partial charge in [-0.1, -0.05) is 0 Å². The highest BCUT2D eigenvalue weighted by molar-refractivity contribution is 9.10. The molecule has 0 aliphatic rings. The summed E-state index contributed by atoms with van der Waals surface area (Å²) >= 11 is 3.13. The molecule has 0 aromatic heterocycles. The zero-order valence-electron chi connectivity index (χ0n) is 9.09. The lowest BCUT2D eigenvalue weighted by molar-refractivity contribution is 0.0992. The molecule has 0 unspecified atom stereocenters. The van der Waals surface area contributed by atoms with Gasteiger partial charge in [0.1, 0.15) is 5.82 Å². The van der Waals surface area contributed by atoms with Gasteiger partial charge in [0.15, 0.2) is 0 Å². The Morgan fingerprint density at radius 2 is 2.19 bits per heavy atom. The number of rotatable bonds is 6. The van der Waals surface area contributed by atoms with Crippen LogP contribution in [0.3, 0.4) is 0 Å². The minimum Gasteiger partial charge on any atom is -0.394 e. The Labute approximate surface area is 103 Å². The summed E-state index contributed by atoms with van der Waals surface area (Å²) in [5, 5.41) is 11.6. The van der Waals surface area contributed by atoms with Gasteiger partial charge in [-0.05, 0) is 40.5 Å². The molecule has 0 aliphatic carbocycles. The highest BCUT2D eigenvalue weighted by Gasteiger charge is 2.04. The third-order valence-corrected chi connectivity index (χ3v) is 2.67. The number of hydrogen-bond acceptors (Lipinski definition) is 3. The number of halogens is 2. The molecule has 0 saturated carbocycles. The Balaban J connectivity index is 2.45. The summed E-state index contributed by atoms with van der Waals surface area (Å²) in [7, 11) is 0. The molecule has 0 saturated heterocycles. The monoisotopic (exact) mass is 291 g/mol. The lowest BCUT2D eigenvalue weighted by Crippen LogP contribution is -2.12. The summed E-state index contributed by atoms with van der Waals surface area (Å²) in [6, 6.07) is 3.18. The maximum Gasteiger partial charge on any atom is 0.137 e. The molecule has 16 heavy (non-hydrogen) atoms. The van der Waals surface area contributed by atoms with Crippen LogP contribution in [-0.2, 0) is 4.74 Å². The molecule has 1 aromatic carbocycles. The van der Waals surface area contributed by atoms with Crippen molar-refractivity contribution in [2.75, 3.05) is 31.7 Å². The van der Waals surface area contributed by atoms with Gasteiger partial charge in [0.25, 0.3) is 0 Å². The Morgan fingerprint density at radius 1 is 1.44 bits per heavy atom. The van der Waals surface area contributed by atoms with Crippen molar-refractivity contribution in [2.24, 2.45) is 0 Å². The van der Waals surface area contributed by atoms with E-state index in [0.717, 1.165) is 11.3 Å². The standard InChI is InChI=1S/C11H15BrFNO2/c1-8-6-10(13)9(12)7-11(8)14-2-4-16-5-3-15/h6-7,14-15H,2-5H2,1H3. The van der Waals surface area contributed by atoms with Crippen molar-refractivity contribution in [2.45, 2.75) is 6.92 Å². The molecule has 0 fully saturated rings. The van der Waals surface area contributed by atoms with Gasteiger partial charge in [-0.2, -0.15) is 0 Å². The van der Waals surface area contributed by atoms with Gasteiger partial charge in [-0.3, -0.25) is 0 Å². The van der Waals surface area contributed by atoms with E-state index in [1.807, 2.05) is 6.92 Å². The van der Waals surface area contributed by atoms with E-state index in [0.29, 0.717) is 24.2 Å². The summed E-state index contributed by atoms with van der Waals surface area (Å²) in [4.78, 5) is 0. The number of aliphatic hydroxyl groups is 1. The van der Waals surface area contributed by atoms with Crippen molar-refractivity contribution in [3.8, 4) is 0 Å². The SMILES string of the molecule is Cc1cc(F)c(Br)cc1NCCOCCO. The molecule has 3 nitrogen and oxygen atoms in total. The number of nitrogens with one attached hydrogen (secondary N) is 1. The number of ether oxygens (including phenoxy) is 1. The zero-order chi connectivity index (χ0) is 12.0. The van der Waals surface area contributed by atoms with Gasteiger partial charge in [0.05, 0.1) is 24.3 Å². The number of benzene rings is 1. The van der Waals surface area contributed by atoms with Crippen molar-refractivity contribution < 1.29 is 14.2 Å². The summed E-state index contributed by atoms with van der Waals surface area (Å²) in [5.74, 6) is -0.264. The zero-order valence-corrected chi connectivity index (χ0v) is 10.7. The first-order chi connectivity index (χ1) is 7.65. The smallest absolute Gasteiger partial charge is 0.137 e. The molecule has 0 heterocycles. The molecule has 5 heteroatoms. The molecular formula is C11H15BrFNO2. The fourth-order valence-electron chi connectivity index (χ4n) is 1.26. The Kier molecular flexibility index (Phi) is 5.73. The molecule has 0 spiro atoms. The number of anilines is 1. The molecule has 0 amide bonds. The van der Waals surface area contributed by atoms with Gasteiger partial charge in [-0.15, -0.1) is 0 Å². The van der Waals surface area contributed by atoms with Gasteiger partial charge < -0.3 is 15.2 Å². The molecule has 1 aromatic rings. The summed E-state index contributed by atoms with van der Waals surface area (Å²) < 4.78 is 18.7. The molecule has 2 N–H and O–H groups in total. The second kappa shape index (κ2) is 6.83. The maximum atomic E-state index is 13.1. The van der Waals surface area contributed by atoms with E-state index in [2.05, 4.69) is 21.2 Å². The first-order valence-electron chi connectivity index (χ1n) is 5.03. The van der Waals surface area contributed by atoms with E-state index in [1.165, 1.54) is 6.07 Å². The Hall–Kier alpha value is -0.650. The van der Waals surface area contributed by atoms with Crippen LogP contribution in [0.1, 0.15) is 5.56 Å². The van der Waals surface area contributed by atoms with Crippen LogP contribution < -0.4 is 5.32 Å². The fourth-order valence-corrected chi connectivity index (χ4v) is 1.60. The third-order valence-electron chi connectivity index (χ3n) is 2.06. The first-order valence-corrected chi connectivity index (χ1v) is 5.82. The van der Waals surface area contributed by atoms with Crippen LogP contribution in [0.25, 0.3) is 0 Å². The van der Waals surface area contributed by atoms with Crippen LogP contribution >= 0.6 is 15.9 Å². The number of aliphatic hydroxyl groups excluding tert-OH is 1. The topological polar surface area (TPSA) is 41.5 Å². The molecular weight excluding hydrogens is 277 g/mol. The second-order valence-electron chi connectivity index (χ2n) is 3.34. The number of hydrogen-bond donors (Lipinski definition) is 2. The minimum atomic E-state index is -0.264. The average molecular weight is 292 g/mol. The second-order valence-corrected chi connectivity index (χ2v) is 4.20. The molecule has 0 aliphatic heterocycles. The van der Waals surface area contributed by atoms with E-state index < -0.39 is 0 Å². The van der Waals surface area contributed by atoms with E-state index in [9.17, 15) is 4.39 Å². The third kappa shape index (κ3) is 4.08. The van der Waals surface area contributed by atoms with Crippen LogP contribution in [0.2, 0.25) is 0 Å². The molecule has 1 rings (SSSR count). The van der Waals surface area contributed by atoms with Crippen LogP contribution in [-0.4, -0.2) is 31.5 Å². The fraction of sp³-hybridized carbons (Fsp3) is 0.455. The Bertz CT molecular complexity index is 347. The van der Waals surface area contributed by atoms with Crippen molar-refractivity contribution in [3.05, 3.63) is 28.0 Å². The van der Waals surface area contributed by atoms with Gasteiger partial charge in [-0.25, -0.2) is 4.39 Å². The number of aryl methyl sites for hydroxylation is 1. The predicted molar refractivity (Wildman–Crippen MR) is 65.2 cm³/mol. The normalized spacial score (nSPS) is 10.5. The van der Waals surface area contributed by atoms with Crippen molar-refractivity contribution in [1.29, 1.82) is 0 Å². The van der Waals surface area contributed by atoms with E-state index in [4.69, 9.17) is 9.84 Å². The quantitative estimate of drug-likeness (QED) is 0.791. The highest BCUT2D eigenvalue weighted by Crippen LogP contribution is 2.23. The van der Waals surface area contributed by atoms with Crippen LogP contribution in [0.15, 0.2) is 16.6 Å². The largest absolute Gasteiger partial charge is 0.394 e. The van der Waals surface area contributed by atoms with E-state index in [-0.39, 0.29) is 12.4 Å². The van der Waals surface area contributed by atoms with Crippen molar-refractivity contribution in [3.63, 3.8) is 0 Å². The summed E-state index contributed by atoms with van der Waals surface area (Å²) in [6.07, 6.45) is 0. The minimum absolute atomic E-state index is 0.0289. The summed E-state index contributed by atoms with van der Waals surface area (Å²) in [5.41, 5.74) is 1.73. The van der Waals surface area contributed by atoms with Crippen molar-refractivity contribution >= 4 is 21.6 Å². The average Bonchev–Trinajstić information content (AvgIpc) is 2.25. The van der Waals surface area contributed by atoms with Crippen LogP contribution in [0.5, 0.6) is 0 Å². The lowest BCUT2D eigenvalue weighted by Gasteiger charge is -2.10. The molecule has 90 valence electrons. The van der Waals surface area contributed by atoms with Crippen LogP contribution in [0, 0.1) is 12.7 Å². The van der Waals surface area contributed by atoms with Crippen LogP contribution in [0.4, 0.5) is 10.1 Å². The molecule has 0 atom stereocenters. The molecule has 0 bridgehead atoms. The van der Waals surface area contributed by atoms with E-state index in [1.54, 1.807) is 6.07 Å². The van der Waals surface area contributed by atoms with Gasteiger partial charge >= 0.3 is 0 Å². The van der Waals surface area contributed by atoms with Crippen molar-refractivity contribution in [1.82, 2.24) is 0 Å².